The van der Waals surface area contributed by atoms with E-state index in [1.54, 1.807) is 37.1 Å². The highest BCUT2D eigenvalue weighted by molar-refractivity contribution is 6.31. The van der Waals surface area contributed by atoms with Gasteiger partial charge in [0.05, 0.1) is 31.1 Å². The minimum absolute atomic E-state index is 0.155. The van der Waals surface area contributed by atoms with Crippen molar-refractivity contribution in [3.05, 3.63) is 119 Å². The van der Waals surface area contributed by atoms with Gasteiger partial charge in [-0.1, -0.05) is 41.9 Å². The number of nitrogens with zero attached hydrogens (tertiary/aromatic N) is 2. The highest BCUT2D eigenvalue weighted by atomic mass is 35.5. The lowest BCUT2D eigenvalue weighted by molar-refractivity contribution is 0.414. The summed E-state index contributed by atoms with van der Waals surface area (Å²) >= 11 is 6.50. The number of ether oxygens (including phenoxy) is 2. The van der Waals surface area contributed by atoms with Crippen LogP contribution in [-0.2, 0) is 0 Å². The summed E-state index contributed by atoms with van der Waals surface area (Å²) < 4.78 is 12.6. The summed E-state index contributed by atoms with van der Waals surface area (Å²) in [5.41, 5.74) is 4.66. The molecule has 0 saturated carbocycles. The van der Waals surface area contributed by atoms with Crippen LogP contribution in [-0.4, -0.2) is 23.8 Å². The van der Waals surface area contributed by atoms with Gasteiger partial charge in [-0.25, -0.2) is 0 Å². The zero-order valence-corrected chi connectivity index (χ0v) is 21.6. The van der Waals surface area contributed by atoms with Crippen LogP contribution in [0.5, 0.6) is 11.5 Å². The Labute approximate surface area is 224 Å². The van der Waals surface area contributed by atoms with Gasteiger partial charge in [-0.3, -0.25) is 14.3 Å². The first-order valence-electron chi connectivity index (χ1n) is 12.1. The zero-order chi connectivity index (χ0) is 26.2. The lowest BCUT2D eigenvalue weighted by Gasteiger charge is -2.22. The fourth-order valence-electron chi connectivity index (χ4n) is 4.94. The van der Waals surface area contributed by atoms with E-state index in [-0.39, 0.29) is 5.56 Å². The number of para-hydroxylation sites is 1. The molecule has 5 nitrogen and oxygen atoms in total. The first kappa shape index (κ1) is 23.8. The van der Waals surface area contributed by atoms with Gasteiger partial charge in [-0.15, -0.1) is 0 Å². The van der Waals surface area contributed by atoms with Crippen LogP contribution in [0.2, 0.25) is 5.02 Å². The van der Waals surface area contributed by atoms with E-state index in [2.05, 4.69) is 4.98 Å². The van der Waals surface area contributed by atoms with Gasteiger partial charge in [0.1, 0.15) is 11.5 Å². The Hall–Kier alpha value is -4.61. The smallest absolute Gasteiger partial charge is 0.263 e. The minimum atomic E-state index is -0.155. The standard InChI is InChI=1S/C32H23ClN2O3/c1-37-24-13-8-20(9-14-24)29-27-19-23(33)12-17-26(27)32(36)35(31(29)22-10-15-25(38-2)16-11-22)28-7-3-5-21-6-4-18-34-30(21)28/h3-19H,1-2H3. The fraction of sp³-hybridized carbons (Fsp3) is 0.0625. The van der Waals surface area contributed by atoms with Crippen molar-refractivity contribution in [2.45, 2.75) is 0 Å². The number of hydrogen-bond donors (Lipinski definition) is 0. The van der Waals surface area contributed by atoms with Crippen LogP contribution >= 0.6 is 11.6 Å². The average Bonchev–Trinajstić information content (AvgIpc) is 2.97. The van der Waals surface area contributed by atoms with Gasteiger partial charge in [-0.05, 0) is 83.2 Å². The molecule has 0 spiro atoms. The van der Waals surface area contributed by atoms with E-state index < -0.39 is 0 Å². The van der Waals surface area contributed by atoms with Crippen molar-refractivity contribution < 1.29 is 9.47 Å². The molecule has 4 aromatic carbocycles. The lowest BCUT2D eigenvalue weighted by atomic mass is 9.93. The van der Waals surface area contributed by atoms with E-state index in [0.29, 0.717) is 16.1 Å². The molecular weight excluding hydrogens is 496 g/mol. The van der Waals surface area contributed by atoms with E-state index in [0.717, 1.165) is 50.2 Å². The van der Waals surface area contributed by atoms with Crippen LogP contribution in [0.25, 0.3) is 49.7 Å². The highest BCUT2D eigenvalue weighted by Gasteiger charge is 2.22. The van der Waals surface area contributed by atoms with Crippen molar-refractivity contribution in [1.82, 2.24) is 9.55 Å². The summed E-state index contributed by atoms with van der Waals surface area (Å²) in [6.45, 7) is 0. The lowest BCUT2D eigenvalue weighted by Crippen LogP contribution is -2.22. The van der Waals surface area contributed by atoms with E-state index >= 15 is 0 Å². The molecule has 6 aromatic rings. The van der Waals surface area contributed by atoms with Crippen molar-refractivity contribution in [3.8, 4) is 39.6 Å². The Morgan fingerprint density at radius 2 is 1.39 bits per heavy atom. The van der Waals surface area contributed by atoms with Gasteiger partial charge >= 0.3 is 0 Å². The predicted octanol–water partition coefficient (Wildman–Crippen LogP) is 7.54. The molecule has 0 bridgehead atoms. The van der Waals surface area contributed by atoms with Gasteiger partial charge in [0.2, 0.25) is 0 Å². The monoisotopic (exact) mass is 518 g/mol. The molecule has 0 amide bonds. The fourth-order valence-corrected chi connectivity index (χ4v) is 5.11. The molecule has 2 heterocycles. The summed E-state index contributed by atoms with van der Waals surface area (Å²) in [6, 6.07) is 30.7. The molecule has 0 aliphatic rings. The second kappa shape index (κ2) is 9.69. The van der Waals surface area contributed by atoms with E-state index in [1.165, 1.54) is 0 Å². The molecule has 0 N–H and O–H groups in total. The Balaban J connectivity index is 1.83. The summed E-state index contributed by atoms with van der Waals surface area (Å²) in [6.07, 6.45) is 1.75. The summed E-state index contributed by atoms with van der Waals surface area (Å²) in [7, 11) is 3.27. The number of methoxy groups -OCH3 is 2. The normalized spacial score (nSPS) is 11.1. The minimum Gasteiger partial charge on any atom is -0.497 e. The number of rotatable bonds is 5. The Kier molecular flexibility index (Phi) is 6.06. The SMILES string of the molecule is COc1ccc(-c2c(-c3ccc(OC)cc3)n(-c3cccc4cccnc34)c(=O)c3ccc(Cl)cc23)cc1. The number of pyridine rings is 2. The average molecular weight is 519 g/mol. The van der Waals surface area contributed by atoms with Crippen LogP contribution in [0.4, 0.5) is 0 Å². The van der Waals surface area contributed by atoms with Crippen molar-refractivity contribution in [2.75, 3.05) is 14.2 Å². The number of fused-ring (bicyclic) bond motifs is 2. The van der Waals surface area contributed by atoms with Crippen LogP contribution < -0.4 is 15.0 Å². The summed E-state index contributed by atoms with van der Waals surface area (Å²) in [5.74, 6) is 1.47. The molecule has 0 aliphatic heterocycles. The first-order chi connectivity index (χ1) is 18.6. The van der Waals surface area contributed by atoms with Crippen molar-refractivity contribution >= 4 is 33.3 Å². The van der Waals surface area contributed by atoms with Gasteiger partial charge in [0.15, 0.2) is 0 Å². The van der Waals surface area contributed by atoms with Crippen LogP contribution in [0.3, 0.4) is 0 Å². The maximum atomic E-state index is 14.3. The summed E-state index contributed by atoms with van der Waals surface area (Å²) in [5, 5.41) is 2.82. The number of halogens is 1. The molecule has 0 atom stereocenters. The molecular formula is C32H23ClN2O3. The van der Waals surface area contributed by atoms with E-state index in [1.807, 2.05) is 84.9 Å². The second-order valence-corrected chi connectivity index (χ2v) is 9.30. The zero-order valence-electron chi connectivity index (χ0n) is 20.8. The number of aromatic nitrogens is 2. The second-order valence-electron chi connectivity index (χ2n) is 8.86. The Morgan fingerprint density at radius 1 is 0.737 bits per heavy atom. The third-order valence-corrected chi connectivity index (χ3v) is 6.97. The molecule has 6 heteroatoms. The van der Waals surface area contributed by atoms with E-state index in [9.17, 15) is 4.79 Å². The maximum Gasteiger partial charge on any atom is 0.263 e. The van der Waals surface area contributed by atoms with Gasteiger partial charge in [0, 0.05) is 27.6 Å². The largest absolute Gasteiger partial charge is 0.497 e. The quantitative estimate of drug-likeness (QED) is 0.236. The third-order valence-electron chi connectivity index (χ3n) is 6.74. The number of benzene rings is 4. The molecule has 0 fully saturated rings. The van der Waals surface area contributed by atoms with Gasteiger partial charge in [-0.2, -0.15) is 0 Å². The van der Waals surface area contributed by atoms with Crippen molar-refractivity contribution in [3.63, 3.8) is 0 Å². The van der Waals surface area contributed by atoms with Crippen molar-refractivity contribution in [2.24, 2.45) is 0 Å². The van der Waals surface area contributed by atoms with Crippen LogP contribution in [0, 0.1) is 0 Å². The van der Waals surface area contributed by atoms with E-state index in [4.69, 9.17) is 21.1 Å². The highest BCUT2D eigenvalue weighted by Crippen LogP contribution is 2.40. The molecule has 186 valence electrons. The van der Waals surface area contributed by atoms with Crippen LogP contribution in [0.15, 0.2) is 108 Å². The van der Waals surface area contributed by atoms with Gasteiger partial charge < -0.3 is 9.47 Å². The topological polar surface area (TPSA) is 53.4 Å². The molecule has 0 unspecified atom stereocenters. The molecule has 0 aliphatic carbocycles. The van der Waals surface area contributed by atoms with Gasteiger partial charge in [0.25, 0.3) is 5.56 Å². The predicted molar refractivity (Wildman–Crippen MR) is 154 cm³/mol. The number of hydrogen-bond acceptors (Lipinski definition) is 4. The third kappa shape index (κ3) is 3.98. The maximum absolute atomic E-state index is 14.3. The summed E-state index contributed by atoms with van der Waals surface area (Å²) in [4.78, 5) is 19.0. The van der Waals surface area contributed by atoms with Crippen LogP contribution in [0.1, 0.15) is 0 Å². The Morgan fingerprint density at radius 3 is 2.08 bits per heavy atom. The molecule has 0 radical (unpaired) electrons. The van der Waals surface area contributed by atoms with Crippen molar-refractivity contribution in [1.29, 1.82) is 0 Å². The first-order valence-corrected chi connectivity index (χ1v) is 12.5. The molecule has 6 rings (SSSR count). The molecule has 0 saturated heterocycles. The molecule has 2 aromatic heterocycles. The Bertz CT molecular complexity index is 1860. The molecule has 38 heavy (non-hydrogen) atoms.